The van der Waals surface area contributed by atoms with Crippen LogP contribution in [-0.2, 0) is 13.6 Å². The summed E-state index contributed by atoms with van der Waals surface area (Å²) < 4.78 is 1.84. The number of likely N-dealkylation sites (tertiary alicyclic amines) is 1. The zero-order valence-corrected chi connectivity index (χ0v) is 16.1. The first-order valence-corrected chi connectivity index (χ1v) is 9.51. The first kappa shape index (κ1) is 18.2. The summed E-state index contributed by atoms with van der Waals surface area (Å²) in [5.74, 6) is 0.0835. The lowest BCUT2D eigenvalue weighted by Gasteiger charge is -2.32. The second kappa shape index (κ2) is 7.46. The molecule has 1 aliphatic heterocycles. The first-order chi connectivity index (χ1) is 13.5. The van der Waals surface area contributed by atoms with Crippen molar-refractivity contribution >= 4 is 16.9 Å². The lowest BCUT2D eigenvalue weighted by Crippen LogP contribution is -2.45. The van der Waals surface area contributed by atoms with Gasteiger partial charge < -0.3 is 15.2 Å². The van der Waals surface area contributed by atoms with Gasteiger partial charge in [0, 0.05) is 37.5 Å². The molecule has 3 aromatic rings. The highest BCUT2D eigenvalue weighted by atomic mass is 16.2. The van der Waals surface area contributed by atoms with Gasteiger partial charge in [-0.15, -0.1) is 0 Å². The lowest BCUT2D eigenvalue weighted by molar-refractivity contribution is 0.178. The van der Waals surface area contributed by atoms with E-state index >= 15 is 0 Å². The molecule has 0 bridgehead atoms. The van der Waals surface area contributed by atoms with Gasteiger partial charge in [0.25, 0.3) is 5.56 Å². The van der Waals surface area contributed by atoms with E-state index in [-0.39, 0.29) is 17.5 Å². The summed E-state index contributed by atoms with van der Waals surface area (Å²) in [7, 11) is 1.91. The van der Waals surface area contributed by atoms with Crippen LogP contribution >= 0.6 is 0 Å². The normalized spacial score (nSPS) is 17.1. The minimum atomic E-state index is -0.163. The number of hydrogen-bond acceptors (Lipinski definition) is 4. The van der Waals surface area contributed by atoms with Crippen molar-refractivity contribution in [3.8, 4) is 0 Å². The number of urea groups is 1. The molecule has 3 heterocycles. The number of aromatic nitrogens is 4. The molecule has 8 heteroatoms. The summed E-state index contributed by atoms with van der Waals surface area (Å²) in [6.45, 7) is 3.69. The van der Waals surface area contributed by atoms with Crippen molar-refractivity contribution < 1.29 is 4.79 Å². The summed E-state index contributed by atoms with van der Waals surface area (Å²) in [5, 5.41) is 8.62. The number of nitrogens with zero attached hydrogens (tertiary/aromatic N) is 4. The number of nitrogens with one attached hydrogen (secondary N) is 2. The zero-order chi connectivity index (χ0) is 19.7. The smallest absolute Gasteiger partial charge is 0.317 e. The van der Waals surface area contributed by atoms with Crippen LogP contribution in [0.1, 0.15) is 35.7 Å². The molecule has 2 amide bonds. The van der Waals surface area contributed by atoms with Gasteiger partial charge >= 0.3 is 6.03 Å². The molecule has 4 rings (SSSR count). The summed E-state index contributed by atoms with van der Waals surface area (Å²) in [6.07, 6.45) is 3.23. The molecule has 1 aromatic carbocycles. The number of piperidine rings is 1. The molecule has 1 saturated heterocycles. The Bertz CT molecular complexity index is 1070. The van der Waals surface area contributed by atoms with E-state index in [4.69, 9.17) is 0 Å². The van der Waals surface area contributed by atoms with E-state index in [0.717, 1.165) is 40.7 Å². The maximum absolute atomic E-state index is 12.7. The molecule has 2 N–H and O–H groups in total. The Balaban J connectivity index is 1.44. The van der Waals surface area contributed by atoms with Crippen LogP contribution < -0.4 is 10.9 Å². The van der Waals surface area contributed by atoms with Crippen molar-refractivity contribution in [3.05, 3.63) is 57.9 Å². The molecule has 2 aromatic heterocycles. The molecule has 0 unspecified atom stereocenters. The fourth-order valence-corrected chi connectivity index (χ4v) is 3.86. The highest BCUT2D eigenvalue weighted by Crippen LogP contribution is 2.25. The number of benzene rings is 1. The maximum atomic E-state index is 12.7. The number of rotatable bonds is 3. The SMILES string of the molecule is Cc1ccc2c(c1)c(CNC(=O)N1CCC[C@@H](c3cc(=O)[nH]cn3)C1)nn2C. The van der Waals surface area contributed by atoms with Gasteiger partial charge in [0.1, 0.15) is 0 Å². The third kappa shape index (κ3) is 3.62. The van der Waals surface area contributed by atoms with Crippen LogP contribution in [0.2, 0.25) is 0 Å². The number of amides is 2. The fourth-order valence-electron chi connectivity index (χ4n) is 3.86. The summed E-state index contributed by atoms with van der Waals surface area (Å²) >= 11 is 0. The Labute approximate surface area is 162 Å². The molecule has 0 radical (unpaired) electrons. The minimum absolute atomic E-state index is 0.0835. The molecule has 1 atom stereocenters. The molecule has 28 heavy (non-hydrogen) atoms. The lowest BCUT2D eigenvalue weighted by atomic mass is 9.95. The summed E-state index contributed by atoms with van der Waals surface area (Å²) in [6, 6.07) is 7.62. The second-order valence-electron chi connectivity index (χ2n) is 7.37. The second-order valence-corrected chi connectivity index (χ2v) is 7.37. The van der Waals surface area contributed by atoms with E-state index in [2.05, 4.69) is 32.5 Å². The Morgan fingerprint density at radius 2 is 2.21 bits per heavy atom. The third-order valence-corrected chi connectivity index (χ3v) is 5.32. The van der Waals surface area contributed by atoms with Gasteiger partial charge in [-0.1, -0.05) is 11.6 Å². The van der Waals surface area contributed by atoms with Crippen LogP contribution in [0.25, 0.3) is 10.9 Å². The average Bonchev–Trinajstić information content (AvgIpc) is 3.01. The highest BCUT2D eigenvalue weighted by molar-refractivity contribution is 5.83. The van der Waals surface area contributed by atoms with Crippen LogP contribution in [0, 0.1) is 6.92 Å². The molecule has 146 valence electrons. The number of aromatic amines is 1. The monoisotopic (exact) mass is 380 g/mol. The quantitative estimate of drug-likeness (QED) is 0.727. The van der Waals surface area contributed by atoms with Gasteiger partial charge in [-0.3, -0.25) is 9.48 Å². The molecule has 1 fully saturated rings. The van der Waals surface area contributed by atoms with Gasteiger partial charge in [-0.25, -0.2) is 9.78 Å². The van der Waals surface area contributed by atoms with E-state index in [1.165, 1.54) is 12.4 Å². The number of H-pyrrole nitrogens is 1. The molecule has 8 nitrogen and oxygen atoms in total. The predicted molar refractivity (Wildman–Crippen MR) is 106 cm³/mol. The number of carbonyl (C=O) groups excluding carboxylic acids is 1. The Morgan fingerprint density at radius 1 is 1.36 bits per heavy atom. The van der Waals surface area contributed by atoms with E-state index in [9.17, 15) is 9.59 Å². The Kier molecular flexibility index (Phi) is 4.85. The largest absolute Gasteiger partial charge is 0.332 e. The summed E-state index contributed by atoms with van der Waals surface area (Å²) in [4.78, 5) is 32.9. The van der Waals surface area contributed by atoms with Gasteiger partial charge in [-0.2, -0.15) is 5.10 Å². The zero-order valence-electron chi connectivity index (χ0n) is 16.1. The van der Waals surface area contributed by atoms with E-state index < -0.39 is 0 Å². The minimum Gasteiger partial charge on any atom is -0.332 e. The van der Waals surface area contributed by atoms with Crippen LogP contribution in [0.3, 0.4) is 0 Å². The van der Waals surface area contributed by atoms with Crippen LogP contribution in [0.4, 0.5) is 4.79 Å². The van der Waals surface area contributed by atoms with Crippen molar-refractivity contribution in [2.45, 2.75) is 32.2 Å². The Hall–Kier alpha value is -3.16. The van der Waals surface area contributed by atoms with Crippen LogP contribution in [0.5, 0.6) is 0 Å². The van der Waals surface area contributed by atoms with Gasteiger partial charge in [0.05, 0.1) is 29.8 Å². The summed E-state index contributed by atoms with van der Waals surface area (Å²) in [5.41, 5.74) is 3.65. The molecular weight excluding hydrogens is 356 g/mol. The number of hydrogen-bond donors (Lipinski definition) is 2. The highest BCUT2D eigenvalue weighted by Gasteiger charge is 2.26. The molecule has 0 spiro atoms. The standard InChI is InChI=1S/C20H24N6O2/c1-13-5-6-18-15(8-13)17(24-25(18)2)10-21-20(28)26-7-3-4-14(11-26)16-9-19(27)23-12-22-16/h5-6,8-9,12,14H,3-4,7,10-11H2,1-2H3,(H,21,28)(H,22,23,27)/t14-/m1/s1. The number of fused-ring (bicyclic) bond motifs is 1. The van der Waals surface area contributed by atoms with Crippen molar-refractivity contribution in [3.63, 3.8) is 0 Å². The Morgan fingerprint density at radius 3 is 3.04 bits per heavy atom. The van der Waals surface area contributed by atoms with E-state index in [0.29, 0.717) is 19.6 Å². The van der Waals surface area contributed by atoms with Crippen molar-refractivity contribution in [1.82, 2.24) is 30.0 Å². The van der Waals surface area contributed by atoms with E-state index in [1.807, 2.05) is 24.7 Å². The van der Waals surface area contributed by atoms with Gasteiger partial charge in [-0.05, 0) is 31.9 Å². The van der Waals surface area contributed by atoms with Gasteiger partial charge in [0.2, 0.25) is 0 Å². The van der Waals surface area contributed by atoms with Crippen molar-refractivity contribution in [1.29, 1.82) is 0 Å². The van der Waals surface area contributed by atoms with E-state index in [1.54, 1.807) is 4.90 Å². The molecule has 1 aliphatic rings. The topological polar surface area (TPSA) is 95.9 Å². The molecule has 0 aliphatic carbocycles. The third-order valence-electron chi connectivity index (χ3n) is 5.32. The number of carbonyl (C=O) groups is 1. The van der Waals surface area contributed by atoms with Crippen molar-refractivity contribution in [2.24, 2.45) is 7.05 Å². The average molecular weight is 380 g/mol. The molecule has 0 saturated carbocycles. The predicted octanol–water partition coefficient (Wildman–Crippen LogP) is 2.05. The molecular formula is C20H24N6O2. The van der Waals surface area contributed by atoms with Crippen LogP contribution in [0.15, 0.2) is 35.4 Å². The number of aryl methyl sites for hydroxylation is 2. The van der Waals surface area contributed by atoms with Gasteiger partial charge in [0.15, 0.2) is 0 Å². The first-order valence-electron chi connectivity index (χ1n) is 9.51. The van der Waals surface area contributed by atoms with Crippen molar-refractivity contribution in [2.75, 3.05) is 13.1 Å². The fraction of sp³-hybridized carbons (Fsp3) is 0.400. The maximum Gasteiger partial charge on any atom is 0.317 e. The van der Waals surface area contributed by atoms with Crippen LogP contribution in [-0.4, -0.2) is 43.8 Å².